The van der Waals surface area contributed by atoms with E-state index < -0.39 is 0 Å². The first kappa shape index (κ1) is 12.5. The zero-order valence-corrected chi connectivity index (χ0v) is 10.0. The molecule has 1 aliphatic carbocycles. The third-order valence-corrected chi connectivity index (χ3v) is 3.70. The van der Waals surface area contributed by atoms with Gasteiger partial charge in [-0.3, -0.25) is 4.79 Å². The van der Waals surface area contributed by atoms with Crippen molar-refractivity contribution in [2.75, 3.05) is 6.54 Å². The van der Waals surface area contributed by atoms with Crippen LogP contribution >= 0.6 is 0 Å². The molecule has 1 saturated carbocycles. The van der Waals surface area contributed by atoms with Crippen molar-refractivity contribution < 1.29 is 4.79 Å². The van der Waals surface area contributed by atoms with Gasteiger partial charge in [-0.15, -0.1) is 0 Å². The highest BCUT2D eigenvalue weighted by Crippen LogP contribution is 2.35. The summed E-state index contributed by atoms with van der Waals surface area (Å²) >= 11 is 0. The molecule has 3 heteroatoms. The van der Waals surface area contributed by atoms with E-state index in [9.17, 15) is 4.79 Å². The monoisotopic (exact) mass is 212 g/mol. The topological polar surface area (TPSA) is 55.1 Å². The Labute approximate surface area is 92.8 Å². The molecule has 0 aliphatic heterocycles. The van der Waals surface area contributed by atoms with Gasteiger partial charge in [0.2, 0.25) is 5.91 Å². The number of hydrogen-bond acceptors (Lipinski definition) is 2. The second kappa shape index (κ2) is 5.50. The maximum atomic E-state index is 11.1. The molecular formula is C12H24N2O. The predicted octanol–water partition coefficient (Wildman–Crippen LogP) is 1.81. The van der Waals surface area contributed by atoms with E-state index >= 15 is 0 Å². The van der Waals surface area contributed by atoms with Gasteiger partial charge in [0.15, 0.2) is 0 Å². The fraction of sp³-hybridized carbons (Fsp3) is 0.917. The molecule has 0 radical (unpaired) electrons. The van der Waals surface area contributed by atoms with Gasteiger partial charge in [0.25, 0.3) is 0 Å². The molecule has 0 aromatic heterocycles. The summed E-state index contributed by atoms with van der Waals surface area (Å²) in [4.78, 5) is 11.1. The molecule has 0 saturated heterocycles. The molecule has 0 aromatic carbocycles. The third-order valence-electron chi connectivity index (χ3n) is 3.70. The van der Waals surface area contributed by atoms with E-state index in [2.05, 4.69) is 19.2 Å². The Morgan fingerprint density at radius 1 is 1.40 bits per heavy atom. The summed E-state index contributed by atoms with van der Waals surface area (Å²) in [6.45, 7) is 5.26. The lowest BCUT2D eigenvalue weighted by Crippen LogP contribution is -2.50. The molecule has 88 valence electrons. The predicted molar refractivity (Wildman–Crippen MR) is 62.5 cm³/mol. The SMILES string of the molecule is CCNC1(CC(N)=O)CCC(CC)CC1. The average Bonchev–Trinajstić information content (AvgIpc) is 2.18. The number of primary amides is 1. The normalized spacial score (nSPS) is 31.5. The summed E-state index contributed by atoms with van der Waals surface area (Å²) in [5, 5.41) is 3.47. The Morgan fingerprint density at radius 2 is 2.00 bits per heavy atom. The van der Waals surface area contributed by atoms with Gasteiger partial charge >= 0.3 is 0 Å². The Balaban J connectivity index is 2.55. The second-order valence-electron chi connectivity index (χ2n) is 4.81. The highest BCUT2D eigenvalue weighted by atomic mass is 16.1. The first-order valence-corrected chi connectivity index (χ1v) is 6.15. The quantitative estimate of drug-likeness (QED) is 0.730. The zero-order chi connectivity index (χ0) is 11.3. The van der Waals surface area contributed by atoms with Crippen molar-refractivity contribution in [2.24, 2.45) is 11.7 Å². The number of carbonyl (C=O) groups excluding carboxylic acids is 1. The highest BCUT2D eigenvalue weighted by molar-refractivity contribution is 5.75. The number of nitrogens with two attached hydrogens (primary N) is 1. The Morgan fingerprint density at radius 3 is 2.40 bits per heavy atom. The molecule has 0 spiro atoms. The molecule has 0 heterocycles. The van der Waals surface area contributed by atoms with Gasteiger partial charge in [0.1, 0.15) is 0 Å². The number of rotatable bonds is 5. The van der Waals surface area contributed by atoms with Crippen molar-refractivity contribution in [2.45, 2.75) is 57.9 Å². The molecule has 0 bridgehead atoms. The molecule has 0 unspecified atom stereocenters. The highest BCUT2D eigenvalue weighted by Gasteiger charge is 2.35. The van der Waals surface area contributed by atoms with E-state index in [1.165, 1.54) is 19.3 Å². The van der Waals surface area contributed by atoms with Crippen LogP contribution in [0.2, 0.25) is 0 Å². The van der Waals surface area contributed by atoms with E-state index in [1.54, 1.807) is 0 Å². The summed E-state index contributed by atoms with van der Waals surface area (Å²) in [6.07, 6.45) is 6.42. The van der Waals surface area contributed by atoms with Crippen LogP contribution in [-0.4, -0.2) is 18.0 Å². The maximum Gasteiger partial charge on any atom is 0.219 e. The van der Waals surface area contributed by atoms with E-state index in [0.29, 0.717) is 6.42 Å². The number of carbonyl (C=O) groups is 1. The van der Waals surface area contributed by atoms with Crippen LogP contribution in [0, 0.1) is 5.92 Å². The van der Waals surface area contributed by atoms with Crippen molar-refractivity contribution in [3.05, 3.63) is 0 Å². The number of nitrogens with one attached hydrogen (secondary N) is 1. The minimum absolute atomic E-state index is 0.00620. The Kier molecular flexibility index (Phi) is 4.58. The molecule has 3 N–H and O–H groups in total. The Hall–Kier alpha value is -0.570. The molecule has 1 fully saturated rings. The lowest BCUT2D eigenvalue weighted by molar-refractivity contribution is -0.119. The van der Waals surface area contributed by atoms with E-state index in [1.807, 2.05) is 0 Å². The minimum Gasteiger partial charge on any atom is -0.370 e. The fourth-order valence-electron chi connectivity index (χ4n) is 2.76. The lowest BCUT2D eigenvalue weighted by atomic mass is 9.74. The van der Waals surface area contributed by atoms with Gasteiger partial charge < -0.3 is 11.1 Å². The van der Waals surface area contributed by atoms with Gasteiger partial charge in [-0.2, -0.15) is 0 Å². The fourth-order valence-corrected chi connectivity index (χ4v) is 2.76. The maximum absolute atomic E-state index is 11.1. The van der Waals surface area contributed by atoms with E-state index in [0.717, 1.165) is 25.3 Å². The number of amides is 1. The van der Waals surface area contributed by atoms with Crippen LogP contribution in [0.25, 0.3) is 0 Å². The largest absolute Gasteiger partial charge is 0.370 e. The first-order valence-electron chi connectivity index (χ1n) is 6.15. The zero-order valence-electron chi connectivity index (χ0n) is 10.0. The van der Waals surface area contributed by atoms with Crippen molar-refractivity contribution in [3.63, 3.8) is 0 Å². The molecule has 1 rings (SSSR count). The van der Waals surface area contributed by atoms with E-state index in [-0.39, 0.29) is 11.4 Å². The van der Waals surface area contributed by atoms with Gasteiger partial charge in [-0.1, -0.05) is 20.3 Å². The summed E-state index contributed by atoms with van der Waals surface area (Å²) in [5.41, 5.74) is 5.33. The Bertz CT molecular complexity index is 208. The van der Waals surface area contributed by atoms with Crippen LogP contribution in [0.4, 0.5) is 0 Å². The van der Waals surface area contributed by atoms with Crippen LogP contribution < -0.4 is 11.1 Å². The van der Waals surface area contributed by atoms with Crippen molar-refractivity contribution in [1.82, 2.24) is 5.32 Å². The second-order valence-corrected chi connectivity index (χ2v) is 4.81. The van der Waals surface area contributed by atoms with Crippen LogP contribution in [0.1, 0.15) is 52.4 Å². The van der Waals surface area contributed by atoms with E-state index in [4.69, 9.17) is 5.73 Å². The summed E-state index contributed by atoms with van der Waals surface area (Å²) in [5.74, 6) is 0.676. The van der Waals surface area contributed by atoms with Gasteiger partial charge in [0, 0.05) is 12.0 Å². The molecule has 15 heavy (non-hydrogen) atoms. The first-order chi connectivity index (χ1) is 7.12. The minimum atomic E-state index is -0.175. The molecule has 3 nitrogen and oxygen atoms in total. The van der Waals surface area contributed by atoms with Crippen molar-refractivity contribution in [1.29, 1.82) is 0 Å². The van der Waals surface area contributed by atoms with Crippen LogP contribution in [0.3, 0.4) is 0 Å². The lowest BCUT2D eigenvalue weighted by Gasteiger charge is -2.40. The summed E-state index contributed by atoms with van der Waals surface area (Å²) in [6, 6.07) is 0. The average molecular weight is 212 g/mol. The molecule has 0 aromatic rings. The van der Waals surface area contributed by atoms with Crippen LogP contribution in [0.5, 0.6) is 0 Å². The smallest absolute Gasteiger partial charge is 0.219 e. The van der Waals surface area contributed by atoms with Crippen molar-refractivity contribution >= 4 is 5.91 Å². The van der Waals surface area contributed by atoms with Crippen molar-refractivity contribution in [3.8, 4) is 0 Å². The molecular weight excluding hydrogens is 188 g/mol. The number of hydrogen-bond donors (Lipinski definition) is 2. The summed E-state index contributed by atoms with van der Waals surface area (Å²) < 4.78 is 0. The van der Waals surface area contributed by atoms with Gasteiger partial charge in [0.05, 0.1) is 0 Å². The van der Waals surface area contributed by atoms with Crippen LogP contribution in [0.15, 0.2) is 0 Å². The summed E-state index contributed by atoms with van der Waals surface area (Å²) in [7, 11) is 0. The molecule has 0 atom stereocenters. The molecule has 1 aliphatic rings. The van der Waals surface area contributed by atoms with Gasteiger partial charge in [-0.05, 0) is 38.1 Å². The third kappa shape index (κ3) is 3.49. The standard InChI is InChI=1S/C12H24N2O/c1-3-10-5-7-12(8-6-10,14-4-2)9-11(13)15/h10,14H,3-9H2,1-2H3,(H2,13,15). The van der Waals surface area contributed by atoms with Crippen LogP contribution in [-0.2, 0) is 4.79 Å². The molecule has 1 amide bonds. The van der Waals surface area contributed by atoms with Gasteiger partial charge in [-0.25, -0.2) is 0 Å².